The summed E-state index contributed by atoms with van der Waals surface area (Å²) < 4.78 is 18.5. The van der Waals surface area contributed by atoms with E-state index in [9.17, 15) is 9.59 Å². The third-order valence-electron chi connectivity index (χ3n) is 6.64. The number of piperidine rings is 1. The van der Waals surface area contributed by atoms with Crippen LogP contribution < -0.4 is 25.4 Å². The van der Waals surface area contributed by atoms with Gasteiger partial charge in [-0.1, -0.05) is 37.3 Å². The molecule has 3 heterocycles. The molecule has 2 aliphatic rings. The molecular formula is C28H34N6O5S. The molecule has 0 radical (unpaired) electrons. The van der Waals surface area contributed by atoms with Gasteiger partial charge in [-0.15, -0.1) is 10.2 Å². The molecule has 2 atom stereocenters. The first kappa shape index (κ1) is 27.7. The first-order valence-electron chi connectivity index (χ1n) is 13.3. The summed E-state index contributed by atoms with van der Waals surface area (Å²) in [5, 5.41) is 12.3. The van der Waals surface area contributed by atoms with E-state index < -0.39 is 0 Å². The second-order valence-corrected chi connectivity index (χ2v) is 11.5. The normalized spacial score (nSPS) is 20.1. The molecule has 0 unspecified atom stereocenters. The Morgan fingerprint density at radius 2 is 2.02 bits per heavy atom. The van der Waals surface area contributed by atoms with Crippen molar-refractivity contribution >= 4 is 33.4 Å². The summed E-state index contributed by atoms with van der Waals surface area (Å²) >= 11 is 1.32. The van der Waals surface area contributed by atoms with E-state index in [1.165, 1.54) is 16.2 Å². The van der Waals surface area contributed by atoms with Gasteiger partial charge in [0.15, 0.2) is 0 Å². The Morgan fingerprint density at radius 3 is 2.80 bits per heavy atom. The van der Waals surface area contributed by atoms with Gasteiger partial charge in [0.05, 0.1) is 31.9 Å². The number of amides is 2. The topological polar surface area (TPSA) is 132 Å². The highest BCUT2D eigenvalue weighted by molar-refractivity contribution is 7.18. The first-order valence-corrected chi connectivity index (χ1v) is 14.1. The van der Waals surface area contributed by atoms with Crippen LogP contribution in [0.25, 0.3) is 0 Å². The lowest BCUT2D eigenvalue weighted by molar-refractivity contribution is -0.123. The van der Waals surface area contributed by atoms with Gasteiger partial charge in [0, 0.05) is 31.8 Å². The molecule has 12 heteroatoms. The van der Waals surface area contributed by atoms with Crippen LogP contribution in [0.1, 0.15) is 36.2 Å². The average molecular weight is 567 g/mol. The summed E-state index contributed by atoms with van der Waals surface area (Å²) in [6.07, 6.45) is 0.310. The van der Waals surface area contributed by atoms with Crippen LogP contribution in [0, 0.1) is 5.92 Å². The van der Waals surface area contributed by atoms with E-state index in [4.69, 9.17) is 19.9 Å². The van der Waals surface area contributed by atoms with E-state index in [1.807, 2.05) is 24.3 Å². The number of carbonyl (C=O) groups excluding carboxylic acids is 2. The number of nitrogen functional groups attached to an aromatic ring is 1. The molecule has 212 valence electrons. The van der Waals surface area contributed by atoms with Crippen molar-refractivity contribution in [3.63, 3.8) is 0 Å². The number of hydrogen-bond acceptors (Lipinski definition) is 10. The number of anilines is 2. The number of carbonyl (C=O) groups is 2. The van der Waals surface area contributed by atoms with Gasteiger partial charge >= 0.3 is 0 Å². The zero-order valence-corrected chi connectivity index (χ0v) is 23.6. The van der Waals surface area contributed by atoms with Crippen LogP contribution in [-0.4, -0.2) is 72.3 Å². The number of nitrogens with zero attached hydrogens (tertiary/aromatic N) is 4. The summed E-state index contributed by atoms with van der Waals surface area (Å²) in [5.41, 5.74) is 7.09. The van der Waals surface area contributed by atoms with Crippen LogP contribution in [0.15, 0.2) is 42.5 Å². The Balaban J connectivity index is 1.43. The minimum Gasteiger partial charge on any atom is -0.493 e. The smallest absolute Gasteiger partial charge is 0.254 e. The number of likely N-dealkylation sites (N-methyl/N-ethyl adjacent to an activating group) is 1. The predicted molar refractivity (Wildman–Crippen MR) is 152 cm³/mol. The Bertz CT molecular complexity index is 1360. The monoisotopic (exact) mass is 566 g/mol. The molecule has 0 spiro atoms. The molecule has 2 aromatic carbocycles. The zero-order chi connectivity index (χ0) is 28.2. The molecule has 1 fully saturated rings. The van der Waals surface area contributed by atoms with Crippen LogP contribution in [0.2, 0.25) is 0 Å². The summed E-state index contributed by atoms with van der Waals surface area (Å²) in [6.45, 7) is 5.98. The molecule has 1 aromatic heterocycles. The highest BCUT2D eigenvalue weighted by atomic mass is 32.1. The Hall–Kier alpha value is -3.90. The fraction of sp³-hybridized carbons (Fsp3) is 0.429. The number of rotatable bonds is 4. The molecule has 3 N–H and O–H groups in total. The molecule has 0 saturated carbocycles. The summed E-state index contributed by atoms with van der Waals surface area (Å²) in [7, 11) is 1.60. The SMILES string of the molecule is CC(C)COc1cc2cc(c1)C(=O)N(C)CC(=O)N[C@H]1CCN(c3nnc(N)s3)C[C@@H]1OCc1cccc(c1)O2. The lowest BCUT2D eigenvalue weighted by Crippen LogP contribution is -2.56. The molecule has 11 nitrogen and oxygen atoms in total. The minimum absolute atomic E-state index is 0.106. The van der Waals surface area contributed by atoms with Crippen molar-refractivity contribution in [2.45, 2.75) is 39.0 Å². The van der Waals surface area contributed by atoms with Crippen molar-refractivity contribution in [2.75, 3.05) is 43.9 Å². The molecule has 1 saturated heterocycles. The van der Waals surface area contributed by atoms with Gasteiger partial charge in [-0.05, 0) is 42.2 Å². The maximum absolute atomic E-state index is 13.4. The Kier molecular flexibility index (Phi) is 8.36. The molecular weight excluding hydrogens is 532 g/mol. The van der Waals surface area contributed by atoms with Gasteiger partial charge in [-0.25, -0.2) is 0 Å². The zero-order valence-electron chi connectivity index (χ0n) is 22.8. The van der Waals surface area contributed by atoms with Gasteiger partial charge in [-0.3, -0.25) is 9.59 Å². The third-order valence-corrected chi connectivity index (χ3v) is 7.46. The highest BCUT2D eigenvalue weighted by Crippen LogP contribution is 2.30. The maximum Gasteiger partial charge on any atom is 0.254 e. The third kappa shape index (κ3) is 6.80. The number of ether oxygens (including phenoxy) is 3. The lowest BCUT2D eigenvalue weighted by atomic mass is 10.0. The van der Waals surface area contributed by atoms with E-state index in [1.54, 1.807) is 25.2 Å². The number of benzene rings is 2. The molecule has 2 aliphatic heterocycles. The van der Waals surface area contributed by atoms with Crippen molar-refractivity contribution in [2.24, 2.45) is 5.92 Å². The number of nitrogens with two attached hydrogens (primary N) is 1. The number of hydrogen-bond donors (Lipinski definition) is 2. The maximum atomic E-state index is 13.4. The Labute approximate surface area is 237 Å². The first-order chi connectivity index (χ1) is 19.2. The van der Waals surface area contributed by atoms with Crippen molar-refractivity contribution in [3.8, 4) is 17.2 Å². The van der Waals surface area contributed by atoms with E-state index in [0.717, 1.165) is 10.7 Å². The Morgan fingerprint density at radius 1 is 1.18 bits per heavy atom. The van der Waals surface area contributed by atoms with Crippen LogP contribution >= 0.6 is 11.3 Å². The fourth-order valence-electron chi connectivity index (χ4n) is 4.68. The quantitative estimate of drug-likeness (QED) is 0.488. The number of fused-ring (bicyclic) bond motifs is 5. The minimum atomic E-state index is -0.324. The second-order valence-electron chi connectivity index (χ2n) is 10.5. The lowest BCUT2D eigenvalue weighted by Gasteiger charge is -2.38. The van der Waals surface area contributed by atoms with E-state index in [0.29, 0.717) is 66.6 Å². The van der Waals surface area contributed by atoms with E-state index >= 15 is 0 Å². The average Bonchev–Trinajstić information content (AvgIpc) is 3.36. The van der Waals surface area contributed by atoms with Crippen molar-refractivity contribution in [1.29, 1.82) is 0 Å². The van der Waals surface area contributed by atoms with Crippen molar-refractivity contribution in [1.82, 2.24) is 20.4 Å². The van der Waals surface area contributed by atoms with Gasteiger partial charge in [-0.2, -0.15) is 0 Å². The summed E-state index contributed by atoms with van der Waals surface area (Å²) in [6, 6.07) is 12.5. The second kappa shape index (κ2) is 12.1. The molecule has 5 rings (SSSR count). The van der Waals surface area contributed by atoms with Crippen molar-refractivity contribution < 1.29 is 23.8 Å². The summed E-state index contributed by atoms with van der Waals surface area (Å²) in [5.74, 6) is 1.34. The molecule has 0 aliphatic carbocycles. The molecule has 2 amide bonds. The van der Waals surface area contributed by atoms with Gasteiger partial charge < -0.3 is 35.1 Å². The number of aromatic nitrogens is 2. The van der Waals surface area contributed by atoms with Gasteiger partial charge in [0.2, 0.25) is 16.2 Å². The molecule has 4 bridgehead atoms. The standard InChI is InChI=1S/C28H34N6O5S/c1-17(2)15-37-21-10-19-11-22(12-21)39-20-6-4-5-18(9-20)16-38-24-13-34(28-32-31-27(29)40-28)8-7-23(24)30-25(35)14-33(3)26(19)36/h4-6,9-12,17,23-24H,7-8,13-16H2,1-3H3,(H2,29,31)(H,30,35)/t23-,24-/m0/s1. The van der Waals surface area contributed by atoms with Crippen LogP contribution in [0.5, 0.6) is 17.2 Å². The van der Waals surface area contributed by atoms with Crippen LogP contribution in [-0.2, 0) is 16.1 Å². The number of nitrogens with one attached hydrogen (secondary N) is 1. The highest BCUT2D eigenvalue weighted by Gasteiger charge is 2.33. The fourth-order valence-corrected chi connectivity index (χ4v) is 5.32. The van der Waals surface area contributed by atoms with Crippen LogP contribution in [0.4, 0.5) is 10.3 Å². The van der Waals surface area contributed by atoms with Crippen molar-refractivity contribution in [3.05, 3.63) is 53.6 Å². The summed E-state index contributed by atoms with van der Waals surface area (Å²) in [4.78, 5) is 29.9. The van der Waals surface area contributed by atoms with E-state index in [2.05, 4.69) is 34.3 Å². The predicted octanol–water partition coefficient (Wildman–Crippen LogP) is 3.31. The molecule has 3 aromatic rings. The van der Waals surface area contributed by atoms with Crippen LogP contribution in [0.3, 0.4) is 0 Å². The molecule has 40 heavy (non-hydrogen) atoms. The van der Waals surface area contributed by atoms with E-state index in [-0.39, 0.29) is 30.5 Å². The largest absolute Gasteiger partial charge is 0.493 e. The van der Waals surface area contributed by atoms with Gasteiger partial charge in [0.25, 0.3) is 5.91 Å². The van der Waals surface area contributed by atoms with Gasteiger partial charge in [0.1, 0.15) is 17.2 Å².